The topological polar surface area (TPSA) is 152 Å². The molecule has 2 N–H and O–H groups in total. The number of aryl methyl sites for hydroxylation is 1. The van der Waals surface area contributed by atoms with Crippen molar-refractivity contribution in [3.8, 4) is 22.4 Å². The van der Waals surface area contributed by atoms with Crippen LogP contribution >= 0.6 is 11.6 Å². The summed E-state index contributed by atoms with van der Waals surface area (Å²) in [4.78, 5) is 47.5. The van der Waals surface area contributed by atoms with Crippen molar-refractivity contribution in [1.29, 1.82) is 0 Å². The molecule has 0 unspecified atom stereocenters. The predicted octanol–water partition coefficient (Wildman–Crippen LogP) is 5.33. The lowest BCUT2D eigenvalue weighted by atomic mass is 9.94. The van der Waals surface area contributed by atoms with Gasteiger partial charge in [-0.1, -0.05) is 17.7 Å². The third-order valence-electron chi connectivity index (χ3n) is 11.4. The van der Waals surface area contributed by atoms with Crippen LogP contribution in [-0.4, -0.2) is 120 Å². The van der Waals surface area contributed by atoms with Crippen molar-refractivity contribution in [3.05, 3.63) is 107 Å². The van der Waals surface area contributed by atoms with Gasteiger partial charge in [0.25, 0.3) is 11.8 Å². The first-order valence-corrected chi connectivity index (χ1v) is 21.6. The van der Waals surface area contributed by atoms with Crippen molar-refractivity contribution in [1.82, 2.24) is 33.9 Å². The van der Waals surface area contributed by atoms with Gasteiger partial charge in [-0.3, -0.25) is 19.1 Å². The Kier molecular flexibility index (Phi) is 12.4. The van der Waals surface area contributed by atoms with E-state index in [1.807, 2.05) is 4.90 Å². The van der Waals surface area contributed by atoms with Crippen LogP contribution in [0.1, 0.15) is 39.5 Å². The van der Waals surface area contributed by atoms with Crippen LogP contribution in [0.2, 0.25) is 5.02 Å². The van der Waals surface area contributed by atoms with Crippen molar-refractivity contribution in [2.75, 3.05) is 65.2 Å². The highest BCUT2D eigenvalue weighted by Gasteiger charge is 2.35. The smallest absolute Gasteiger partial charge is 0.291 e. The number of sulfonamides is 1. The number of anilines is 1. The van der Waals surface area contributed by atoms with Crippen LogP contribution in [0.5, 0.6) is 0 Å². The maximum atomic E-state index is 15.8. The monoisotopic (exact) mass is 880 g/mol. The Hall–Kier alpha value is -5.56. The fourth-order valence-corrected chi connectivity index (χ4v) is 9.02. The van der Waals surface area contributed by atoms with Gasteiger partial charge >= 0.3 is 0 Å². The Morgan fingerprint density at radius 1 is 0.885 bits per heavy atom. The highest BCUT2D eigenvalue weighted by Crippen LogP contribution is 2.33. The van der Waals surface area contributed by atoms with Crippen molar-refractivity contribution in [2.45, 2.75) is 31.2 Å². The Morgan fingerprint density at radius 3 is 2.20 bits per heavy atom. The molecule has 2 aliphatic rings. The molecule has 2 aromatic heterocycles. The Morgan fingerprint density at radius 2 is 1.52 bits per heavy atom. The van der Waals surface area contributed by atoms with E-state index in [2.05, 4.69) is 34.2 Å². The number of aromatic nitrogens is 4. The molecule has 14 nitrogen and oxygen atoms in total. The number of hydrogen-bond acceptors (Lipinski definition) is 7. The largest absolute Gasteiger partial charge is 0.339 e. The van der Waals surface area contributed by atoms with E-state index in [1.165, 1.54) is 59.0 Å². The molecule has 0 bridgehead atoms. The minimum absolute atomic E-state index is 0.0172. The summed E-state index contributed by atoms with van der Waals surface area (Å²) in [7, 11) is 1.92. The van der Waals surface area contributed by atoms with Crippen LogP contribution in [0.15, 0.2) is 71.9 Å². The van der Waals surface area contributed by atoms with Gasteiger partial charge in [0.05, 0.1) is 66.8 Å². The number of carbonyl (C=O) groups excluding carboxylic acids is 3. The van der Waals surface area contributed by atoms with Crippen molar-refractivity contribution >= 4 is 45.0 Å². The summed E-state index contributed by atoms with van der Waals surface area (Å²) in [6.07, 6.45) is 4.44. The molecule has 322 valence electrons. The molecule has 61 heavy (non-hydrogen) atoms. The summed E-state index contributed by atoms with van der Waals surface area (Å²) in [6.45, 7) is 5.17. The highest BCUT2D eigenvalue weighted by atomic mass is 35.5. The standard InChI is InChI=1S/C42H45ClF3N9O5S/c1-26-34(25-54(50-26)16-15-48-61(59,60)30-8-5-28(44)6-9-30)31-11-12-33(38(46)37(31)45)36-24-47-39(51(36)2)40(56)49-29-7-10-32(35(43)23-29)42(58)53-19-17-52(18-20-53)41(57)27-13-21-55(3,4)22-14-27/h5-12,23-25,27,48H,13-22H2,1-4H3/p+1. The Balaban J connectivity index is 0.962. The summed E-state index contributed by atoms with van der Waals surface area (Å²) in [5.74, 6) is -3.79. The van der Waals surface area contributed by atoms with Crippen molar-refractivity contribution in [3.63, 3.8) is 0 Å². The number of quaternary nitrogens is 1. The van der Waals surface area contributed by atoms with Gasteiger partial charge in [0, 0.05) is 87.1 Å². The van der Waals surface area contributed by atoms with E-state index in [9.17, 15) is 27.2 Å². The summed E-state index contributed by atoms with van der Waals surface area (Å²) in [5, 5.41) is 7.14. The van der Waals surface area contributed by atoms with E-state index in [4.69, 9.17) is 11.6 Å². The molecule has 3 aromatic carbocycles. The molecular formula is C42H46ClF3N9O5S+. The van der Waals surface area contributed by atoms with Crippen LogP contribution < -0.4 is 10.0 Å². The maximum Gasteiger partial charge on any atom is 0.291 e. The van der Waals surface area contributed by atoms with Gasteiger partial charge in [-0.25, -0.2) is 31.3 Å². The molecule has 0 saturated carbocycles. The number of benzene rings is 3. The molecule has 3 amide bonds. The predicted molar refractivity (Wildman–Crippen MR) is 223 cm³/mol. The number of imidazole rings is 1. The highest BCUT2D eigenvalue weighted by molar-refractivity contribution is 7.89. The molecule has 5 aromatic rings. The first kappa shape index (κ1) is 43.5. The van der Waals surface area contributed by atoms with Crippen molar-refractivity contribution in [2.24, 2.45) is 13.0 Å². The average molecular weight is 881 g/mol. The fraction of sp³-hybridized carbons (Fsp3) is 0.357. The van der Waals surface area contributed by atoms with Crippen LogP contribution in [-0.2, 0) is 28.4 Å². The molecule has 2 fully saturated rings. The Labute approximate surface area is 356 Å². The van der Waals surface area contributed by atoms with Gasteiger partial charge in [0.2, 0.25) is 15.9 Å². The fourth-order valence-electron chi connectivity index (χ4n) is 7.74. The summed E-state index contributed by atoms with van der Waals surface area (Å²) in [6, 6.07) is 11.6. The minimum atomic E-state index is -3.91. The first-order valence-electron chi connectivity index (χ1n) is 19.7. The molecule has 2 aliphatic heterocycles. The van der Waals surface area contributed by atoms with E-state index in [0.29, 0.717) is 31.9 Å². The van der Waals surface area contributed by atoms with E-state index in [0.717, 1.165) is 54.7 Å². The van der Waals surface area contributed by atoms with E-state index < -0.39 is 33.4 Å². The molecule has 2 saturated heterocycles. The van der Waals surface area contributed by atoms with Crippen molar-refractivity contribution < 1.29 is 40.5 Å². The third kappa shape index (κ3) is 9.36. The zero-order valence-corrected chi connectivity index (χ0v) is 35.7. The molecule has 4 heterocycles. The maximum absolute atomic E-state index is 15.8. The number of nitrogens with zero attached hydrogens (tertiary/aromatic N) is 7. The minimum Gasteiger partial charge on any atom is -0.339 e. The van der Waals surface area contributed by atoms with Gasteiger partial charge < -0.3 is 24.2 Å². The SMILES string of the molecule is Cc1nn(CCNS(=O)(=O)c2ccc(F)cc2)cc1-c1ccc(-c2cnc(C(=O)Nc3ccc(C(=O)N4CCN(C(=O)C5CC[N+](C)(C)CC5)CC4)c(Cl)c3)n2C)c(F)c1F. The second-order valence-electron chi connectivity index (χ2n) is 16.0. The number of rotatable bonds is 11. The summed E-state index contributed by atoms with van der Waals surface area (Å²) >= 11 is 6.55. The molecule has 0 aliphatic carbocycles. The number of hydrogen-bond donors (Lipinski definition) is 2. The first-order chi connectivity index (χ1) is 28.9. The van der Waals surface area contributed by atoms with E-state index in [-0.39, 0.29) is 80.2 Å². The molecule has 19 heteroatoms. The Bertz CT molecular complexity index is 2600. The second-order valence-corrected chi connectivity index (χ2v) is 18.2. The number of piperidine rings is 1. The number of likely N-dealkylation sites (tertiary alicyclic amines) is 1. The second kappa shape index (κ2) is 17.4. The van der Waals surface area contributed by atoms with Crippen LogP contribution in [0, 0.1) is 30.3 Å². The van der Waals surface area contributed by atoms with Crippen LogP contribution in [0.3, 0.4) is 0 Å². The normalized spacial score (nSPS) is 15.9. The van der Waals surface area contributed by atoms with Gasteiger partial charge in [-0.15, -0.1) is 0 Å². The molecule has 0 atom stereocenters. The number of carbonyl (C=O) groups is 3. The third-order valence-corrected chi connectivity index (χ3v) is 13.2. The van der Waals surface area contributed by atoms with Gasteiger partial charge in [0.15, 0.2) is 17.5 Å². The lowest BCUT2D eigenvalue weighted by molar-refractivity contribution is -0.895. The average Bonchev–Trinajstić information content (AvgIpc) is 3.79. The molecule has 7 rings (SSSR count). The van der Waals surface area contributed by atoms with Gasteiger partial charge in [0.1, 0.15) is 5.82 Å². The quantitative estimate of drug-likeness (QED) is 0.170. The molecular weight excluding hydrogens is 835 g/mol. The lowest BCUT2D eigenvalue weighted by Gasteiger charge is -2.40. The number of halogens is 4. The van der Waals surface area contributed by atoms with Gasteiger partial charge in [-0.2, -0.15) is 5.10 Å². The van der Waals surface area contributed by atoms with Crippen LogP contribution in [0.4, 0.5) is 18.9 Å². The number of piperazine rings is 1. The zero-order chi connectivity index (χ0) is 43.8. The van der Waals surface area contributed by atoms with E-state index in [1.54, 1.807) is 11.8 Å². The lowest BCUT2D eigenvalue weighted by Crippen LogP contribution is -2.54. The molecule has 0 radical (unpaired) electrons. The van der Waals surface area contributed by atoms with Crippen LogP contribution in [0.25, 0.3) is 22.4 Å². The van der Waals surface area contributed by atoms with Gasteiger partial charge in [-0.05, 0) is 55.5 Å². The molecule has 0 spiro atoms. The van der Waals surface area contributed by atoms with E-state index >= 15 is 8.78 Å². The number of nitrogens with one attached hydrogen (secondary N) is 2. The number of amides is 3. The zero-order valence-electron chi connectivity index (χ0n) is 34.1. The summed E-state index contributed by atoms with van der Waals surface area (Å²) in [5.41, 5.74) is 1.08. The summed E-state index contributed by atoms with van der Waals surface area (Å²) < 4.78 is 75.9.